The number of hydrogen-bond donors (Lipinski definition) is 1. The summed E-state index contributed by atoms with van der Waals surface area (Å²) in [5.74, 6) is 2.49. The van der Waals surface area contributed by atoms with Crippen molar-refractivity contribution in [2.24, 2.45) is 11.8 Å². The normalized spacial score (nSPS) is 28.4. The zero-order chi connectivity index (χ0) is 18.0. The van der Waals surface area contributed by atoms with E-state index in [0.29, 0.717) is 28.8 Å². The number of halogens is 1. The molecule has 6 nitrogen and oxygen atoms in total. The molecular weight excluding hydrogens is 350 g/mol. The fraction of sp³-hybridized carbons (Fsp3) is 0.579. The highest BCUT2D eigenvalue weighted by Crippen LogP contribution is 2.59. The number of rotatable bonds is 4. The Morgan fingerprint density at radius 3 is 2.54 bits per heavy atom. The Morgan fingerprint density at radius 1 is 1.23 bits per heavy atom. The molecule has 2 saturated heterocycles. The Kier molecular flexibility index (Phi) is 3.78. The van der Waals surface area contributed by atoms with Gasteiger partial charge < -0.3 is 10.5 Å². The second-order valence-electron chi connectivity index (χ2n) is 8.08. The number of likely N-dealkylation sites (tertiary alicyclic amines) is 1. The number of nitrogens with two attached hydrogens (primary N) is 1. The summed E-state index contributed by atoms with van der Waals surface area (Å²) in [6.07, 6.45) is 1.75. The van der Waals surface area contributed by atoms with Gasteiger partial charge >= 0.3 is 0 Å². The fourth-order valence-electron chi connectivity index (χ4n) is 4.53. The van der Waals surface area contributed by atoms with Gasteiger partial charge in [0.15, 0.2) is 0 Å². The van der Waals surface area contributed by atoms with E-state index in [2.05, 4.69) is 34.5 Å². The minimum atomic E-state index is 0.327. The third-order valence-corrected chi connectivity index (χ3v) is 6.42. The molecule has 0 amide bonds. The minimum absolute atomic E-state index is 0.327. The number of nitrogen functional groups attached to an aromatic ring is 1. The van der Waals surface area contributed by atoms with Gasteiger partial charge in [-0.25, -0.2) is 4.98 Å². The van der Waals surface area contributed by atoms with Crippen molar-refractivity contribution in [3.63, 3.8) is 0 Å². The summed E-state index contributed by atoms with van der Waals surface area (Å²) in [5.41, 5.74) is 8.94. The predicted molar refractivity (Wildman–Crippen MR) is 101 cm³/mol. The number of fused-ring (bicyclic) bond motifs is 1. The molecule has 0 spiro atoms. The average molecular weight is 374 g/mol. The van der Waals surface area contributed by atoms with Gasteiger partial charge in [-0.2, -0.15) is 5.10 Å². The number of anilines is 1. The Labute approximate surface area is 158 Å². The molecule has 5 rings (SSSR count). The van der Waals surface area contributed by atoms with Crippen LogP contribution >= 0.6 is 11.6 Å². The second-order valence-corrected chi connectivity index (χ2v) is 8.49. The summed E-state index contributed by atoms with van der Waals surface area (Å²) in [5, 5.41) is 5.34. The molecular formula is C19H24ClN5O. The molecule has 0 aromatic carbocycles. The fourth-order valence-corrected chi connectivity index (χ4v) is 4.70. The van der Waals surface area contributed by atoms with Crippen LogP contribution in [0, 0.1) is 11.8 Å². The van der Waals surface area contributed by atoms with E-state index >= 15 is 0 Å². The topological polar surface area (TPSA) is 69.2 Å². The van der Waals surface area contributed by atoms with Gasteiger partial charge in [-0.3, -0.25) is 9.58 Å². The SMILES string of the molecule is CC(C)n1nc(-c2cnc(N)c(Cl)c2)cc1C1C2CN(C3COC3)CC21. The van der Waals surface area contributed by atoms with Crippen LogP contribution in [-0.4, -0.2) is 52.0 Å². The molecule has 2 aromatic heterocycles. The lowest BCUT2D eigenvalue weighted by molar-refractivity contribution is -0.0610. The first-order chi connectivity index (χ1) is 12.5. The van der Waals surface area contributed by atoms with Crippen molar-refractivity contribution in [3.8, 4) is 11.3 Å². The Balaban J connectivity index is 1.41. The smallest absolute Gasteiger partial charge is 0.142 e. The van der Waals surface area contributed by atoms with Crippen LogP contribution in [0.4, 0.5) is 5.82 Å². The Hall–Kier alpha value is -1.63. The van der Waals surface area contributed by atoms with E-state index in [-0.39, 0.29) is 0 Å². The van der Waals surface area contributed by atoms with E-state index in [0.717, 1.165) is 36.3 Å². The van der Waals surface area contributed by atoms with Gasteiger partial charge in [0.1, 0.15) is 5.82 Å². The van der Waals surface area contributed by atoms with E-state index in [1.807, 2.05) is 6.07 Å². The summed E-state index contributed by atoms with van der Waals surface area (Å²) in [6.45, 7) is 8.57. The highest BCUT2D eigenvalue weighted by Gasteiger charge is 2.58. The van der Waals surface area contributed by atoms with Crippen LogP contribution in [0.3, 0.4) is 0 Å². The summed E-state index contributed by atoms with van der Waals surface area (Å²) < 4.78 is 7.53. The lowest BCUT2D eigenvalue weighted by atomic mass is 10.1. The summed E-state index contributed by atoms with van der Waals surface area (Å²) in [7, 11) is 0. The molecule has 4 heterocycles. The van der Waals surface area contributed by atoms with Crippen LogP contribution in [0.1, 0.15) is 31.5 Å². The van der Waals surface area contributed by atoms with Gasteiger partial charge in [0.2, 0.25) is 0 Å². The maximum atomic E-state index is 6.15. The van der Waals surface area contributed by atoms with Crippen molar-refractivity contribution in [1.82, 2.24) is 19.7 Å². The standard InChI is InChI=1S/C19H24ClN5O/c1-10(2)25-17(4-16(23-25)11-3-15(20)19(21)22-5-11)18-13-6-24(7-14(13)18)12-8-26-9-12/h3-5,10,12-14,18H,6-9H2,1-2H3,(H2,21,22). The van der Waals surface area contributed by atoms with Crippen molar-refractivity contribution in [2.75, 3.05) is 32.0 Å². The lowest BCUT2D eigenvalue weighted by Crippen LogP contribution is -2.48. The van der Waals surface area contributed by atoms with Crippen LogP contribution in [0.5, 0.6) is 0 Å². The molecule has 2 unspecified atom stereocenters. The monoisotopic (exact) mass is 373 g/mol. The van der Waals surface area contributed by atoms with Crippen LogP contribution in [0.25, 0.3) is 11.3 Å². The molecule has 2 N–H and O–H groups in total. The quantitative estimate of drug-likeness (QED) is 0.892. The van der Waals surface area contributed by atoms with Gasteiger partial charge in [0.05, 0.1) is 30.0 Å². The number of piperidine rings is 1. The minimum Gasteiger partial charge on any atom is -0.382 e. The molecule has 138 valence electrons. The van der Waals surface area contributed by atoms with Gasteiger partial charge in [0, 0.05) is 42.5 Å². The summed E-state index contributed by atoms with van der Waals surface area (Å²) in [4.78, 5) is 6.79. The van der Waals surface area contributed by atoms with E-state index in [4.69, 9.17) is 27.2 Å². The first-order valence-electron chi connectivity index (χ1n) is 9.35. The zero-order valence-corrected chi connectivity index (χ0v) is 15.9. The summed E-state index contributed by atoms with van der Waals surface area (Å²) >= 11 is 6.15. The largest absolute Gasteiger partial charge is 0.382 e. The van der Waals surface area contributed by atoms with E-state index in [9.17, 15) is 0 Å². The Morgan fingerprint density at radius 2 is 1.96 bits per heavy atom. The van der Waals surface area contributed by atoms with Crippen molar-refractivity contribution in [2.45, 2.75) is 31.8 Å². The molecule has 26 heavy (non-hydrogen) atoms. The van der Waals surface area contributed by atoms with Crippen molar-refractivity contribution >= 4 is 17.4 Å². The number of nitrogens with zero attached hydrogens (tertiary/aromatic N) is 4. The first kappa shape index (κ1) is 16.5. The first-order valence-corrected chi connectivity index (χ1v) is 9.73. The highest BCUT2D eigenvalue weighted by atomic mass is 35.5. The second kappa shape index (κ2) is 5.94. The lowest BCUT2D eigenvalue weighted by Gasteiger charge is -2.35. The van der Waals surface area contributed by atoms with Crippen molar-refractivity contribution < 1.29 is 4.74 Å². The van der Waals surface area contributed by atoms with Crippen molar-refractivity contribution in [1.29, 1.82) is 0 Å². The molecule has 3 fully saturated rings. The average Bonchev–Trinajstić information content (AvgIpc) is 2.94. The van der Waals surface area contributed by atoms with Crippen LogP contribution in [0.15, 0.2) is 18.3 Å². The maximum absolute atomic E-state index is 6.15. The molecule has 1 aliphatic carbocycles. The van der Waals surface area contributed by atoms with E-state index in [1.165, 1.54) is 18.8 Å². The molecule has 0 radical (unpaired) electrons. The van der Waals surface area contributed by atoms with E-state index in [1.54, 1.807) is 6.20 Å². The third-order valence-electron chi connectivity index (χ3n) is 6.12. The maximum Gasteiger partial charge on any atom is 0.142 e. The number of hydrogen-bond acceptors (Lipinski definition) is 5. The molecule has 0 bridgehead atoms. The Bertz CT molecular complexity index is 834. The molecule has 2 aliphatic heterocycles. The van der Waals surface area contributed by atoms with Crippen LogP contribution < -0.4 is 5.73 Å². The third kappa shape index (κ3) is 2.54. The summed E-state index contributed by atoms with van der Waals surface area (Å²) in [6, 6.07) is 5.06. The highest BCUT2D eigenvalue weighted by molar-refractivity contribution is 6.33. The molecule has 3 aliphatic rings. The molecule has 2 atom stereocenters. The predicted octanol–water partition coefficient (Wildman–Crippen LogP) is 2.81. The van der Waals surface area contributed by atoms with Crippen LogP contribution in [-0.2, 0) is 4.74 Å². The van der Waals surface area contributed by atoms with Gasteiger partial charge in [0.25, 0.3) is 0 Å². The van der Waals surface area contributed by atoms with Gasteiger partial charge in [-0.1, -0.05) is 11.6 Å². The van der Waals surface area contributed by atoms with Gasteiger partial charge in [-0.05, 0) is 37.8 Å². The zero-order valence-electron chi connectivity index (χ0n) is 15.1. The number of pyridine rings is 1. The molecule has 1 saturated carbocycles. The van der Waals surface area contributed by atoms with E-state index < -0.39 is 0 Å². The molecule has 7 heteroatoms. The van der Waals surface area contributed by atoms with Crippen molar-refractivity contribution in [3.05, 3.63) is 29.0 Å². The van der Waals surface area contributed by atoms with Gasteiger partial charge in [-0.15, -0.1) is 0 Å². The number of aromatic nitrogens is 3. The molecule has 2 aromatic rings. The van der Waals surface area contributed by atoms with Crippen LogP contribution in [0.2, 0.25) is 5.02 Å². The number of ether oxygens (including phenoxy) is 1.